The van der Waals surface area contributed by atoms with E-state index in [9.17, 15) is 19.2 Å². The molecule has 0 atom stereocenters. The van der Waals surface area contributed by atoms with Crippen molar-refractivity contribution in [3.05, 3.63) is 99.0 Å². The summed E-state index contributed by atoms with van der Waals surface area (Å²) in [6, 6.07) is 19.7. The number of nitrogens with zero attached hydrogens (tertiary/aromatic N) is 1. The summed E-state index contributed by atoms with van der Waals surface area (Å²) in [7, 11) is 0. The minimum Gasteiger partial charge on any atom is -0.454 e. The molecule has 1 aliphatic heterocycles. The third-order valence-electron chi connectivity index (χ3n) is 5.19. The van der Waals surface area contributed by atoms with Crippen molar-refractivity contribution in [1.82, 2.24) is 4.90 Å². The highest BCUT2D eigenvalue weighted by Gasteiger charge is 2.37. The van der Waals surface area contributed by atoms with Crippen molar-refractivity contribution in [3.63, 3.8) is 0 Å². The van der Waals surface area contributed by atoms with E-state index in [-0.39, 0.29) is 21.2 Å². The molecule has 9 heteroatoms. The molecule has 1 aliphatic rings. The zero-order valence-electron chi connectivity index (χ0n) is 17.7. The topological polar surface area (TPSA) is 92.8 Å². The first-order chi connectivity index (χ1) is 16.3. The lowest BCUT2D eigenvalue weighted by molar-refractivity contribution is -0.147. The van der Waals surface area contributed by atoms with Crippen LogP contribution in [-0.2, 0) is 20.7 Å². The monoisotopic (exact) mass is 496 g/mol. The normalized spacial score (nSPS) is 12.5. The summed E-state index contributed by atoms with van der Waals surface area (Å²) in [6.07, 6.45) is 0.616. The summed E-state index contributed by atoms with van der Waals surface area (Å²) in [6.45, 7) is -1.21. The largest absolute Gasteiger partial charge is 0.454 e. The van der Waals surface area contributed by atoms with Gasteiger partial charge in [-0.1, -0.05) is 71.7 Å². The summed E-state index contributed by atoms with van der Waals surface area (Å²) in [4.78, 5) is 50.3. The number of halogens is 2. The molecular weight excluding hydrogens is 479 g/mol. The Bertz CT molecular complexity index is 1250. The molecular formula is C25H18Cl2N2O5. The number of nitrogens with one attached hydrogen (secondary N) is 1. The lowest BCUT2D eigenvalue weighted by Gasteiger charge is -2.14. The first-order valence-electron chi connectivity index (χ1n) is 10.3. The number of para-hydroxylation sites is 1. The van der Waals surface area contributed by atoms with Gasteiger partial charge in [-0.05, 0) is 35.7 Å². The Morgan fingerprint density at radius 2 is 1.44 bits per heavy atom. The van der Waals surface area contributed by atoms with Crippen LogP contribution in [0.15, 0.2) is 66.7 Å². The summed E-state index contributed by atoms with van der Waals surface area (Å²) in [5, 5.41) is 2.97. The zero-order chi connectivity index (χ0) is 24.2. The molecule has 3 amide bonds. The summed E-state index contributed by atoms with van der Waals surface area (Å²) >= 11 is 11.8. The van der Waals surface area contributed by atoms with Crippen LogP contribution < -0.4 is 5.32 Å². The van der Waals surface area contributed by atoms with Gasteiger partial charge in [0.05, 0.1) is 21.2 Å². The van der Waals surface area contributed by atoms with Crippen LogP contribution in [0.25, 0.3) is 0 Å². The van der Waals surface area contributed by atoms with Crippen molar-refractivity contribution in [2.24, 2.45) is 0 Å². The van der Waals surface area contributed by atoms with Crippen LogP contribution >= 0.6 is 23.2 Å². The molecule has 3 aromatic rings. The lowest BCUT2D eigenvalue weighted by Crippen LogP contribution is -2.36. The molecule has 0 spiro atoms. The third kappa shape index (κ3) is 5.11. The third-order valence-corrected chi connectivity index (χ3v) is 5.91. The van der Waals surface area contributed by atoms with Crippen molar-refractivity contribution in [2.45, 2.75) is 6.42 Å². The van der Waals surface area contributed by atoms with E-state index in [1.807, 2.05) is 42.5 Å². The second-order valence-corrected chi connectivity index (χ2v) is 8.35. The van der Waals surface area contributed by atoms with E-state index >= 15 is 0 Å². The molecule has 172 valence electrons. The average Bonchev–Trinajstić information content (AvgIpc) is 3.04. The molecule has 1 heterocycles. The number of esters is 1. The fourth-order valence-corrected chi connectivity index (χ4v) is 3.87. The van der Waals surface area contributed by atoms with Crippen molar-refractivity contribution >= 4 is 52.6 Å². The minimum atomic E-state index is -0.903. The summed E-state index contributed by atoms with van der Waals surface area (Å²) in [5.74, 6) is -2.82. The number of benzene rings is 3. The predicted molar refractivity (Wildman–Crippen MR) is 127 cm³/mol. The van der Waals surface area contributed by atoms with Crippen molar-refractivity contribution in [2.75, 3.05) is 18.5 Å². The maximum Gasteiger partial charge on any atom is 0.326 e. The second kappa shape index (κ2) is 10.1. The Morgan fingerprint density at radius 3 is 2.09 bits per heavy atom. The predicted octanol–water partition coefficient (Wildman–Crippen LogP) is 4.36. The van der Waals surface area contributed by atoms with Gasteiger partial charge in [-0.25, -0.2) is 0 Å². The fraction of sp³-hybridized carbons (Fsp3) is 0.120. The number of hydrogen-bond acceptors (Lipinski definition) is 5. The van der Waals surface area contributed by atoms with Crippen LogP contribution in [0.1, 0.15) is 31.8 Å². The van der Waals surface area contributed by atoms with Crippen LogP contribution in [0.3, 0.4) is 0 Å². The molecule has 0 saturated heterocycles. The standard InChI is InChI=1S/C25H18Cl2N2O5/c26-19-11-17-18(12-20(19)27)25(33)29(24(17)32)13-23(31)34-14-22(30)28-21-9-5-4-8-16(21)10-15-6-2-1-3-7-15/h1-9,11-12H,10,13-14H2,(H,28,30). The van der Waals surface area contributed by atoms with E-state index in [0.29, 0.717) is 12.1 Å². The van der Waals surface area contributed by atoms with Gasteiger partial charge in [0.15, 0.2) is 6.61 Å². The molecule has 34 heavy (non-hydrogen) atoms. The SMILES string of the molecule is O=C(COC(=O)CN1C(=O)c2cc(Cl)c(Cl)cc2C1=O)Nc1ccccc1Cc1ccccc1. The number of hydrogen-bond donors (Lipinski definition) is 1. The highest BCUT2D eigenvalue weighted by molar-refractivity contribution is 6.43. The molecule has 0 fully saturated rings. The Labute approximate surface area is 205 Å². The van der Waals surface area contributed by atoms with Gasteiger partial charge in [-0.3, -0.25) is 24.1 Å². The first-order valence-corrected chi connectivity index (χ1v) is 11.0. The van der Waals surface area contributed by atoms with Gasteiger partial charge in [0.2, 0.25) is 0 Å². The number of carbonyl (C=O) groups excluding carboxylic acids is 4. The molecule has 0 saturated carbocycles. The van der Waals surface area contributed by atoms with Gasteiger partial charge in [0.25, 0.3) is 17.7 Å². The van der Waals surface area contributed by atoms with Crippen LogP contribution in [0, 0.1) is 0 Å². The van der Waals surface area contributed by atoms with Gasteiger partial charge in [0.1, 0.15) is 6.54 Å². The number of ether oxygens (including phenoxy) is 1. The number of fused-ring (bicyclic) bond motifs is 1. The molecule has 0 aromatic heterocycles. The molecule has 0 aliphatic carbocycles. The number of carbonyl (C=O) groups is 4. The van der Waals surface area contributed by atoms with Gasteiger partial charge < -0.3 is 10.1 Å². The van der Waals surface area contributed by atoms with Crippen LogP contribution in [-0.4, -0.2) is 41.7 Å². The Morgan fingerprint density at radius 1 is 0.853 bits per heavy atom. The molecule has 0 unspecified atom stereocenters. The molecule has 3 aromatic carbocycles. The maximum atomic E-state index is 12.5. The van der Waals surface area contributed by atoms with Crippen LogP contribution in [0.4, 0.5) is 5.69 Å². The molecule has 7 nitrogen and oxygen atoms in total. The molecule has 4 rings (SSSR count). The lowest BCUT2D eigenvalue weighted by atomic mass is 10.0. The Balaban J connectivity index is 1.33. The van der Waals surface area contributed by atoms with E-state index in [1.54, 1.807) is 12.1 Å². The number of imide groups is 1. The van der Waals surface area contributed by atoms with E-state index in [0.717, 1.165) is 16.0 Å². The van der Waals surface area contributed by atoms with Crippen molar-refractivity contribution in [1.29, 1.82) is 0 Å². The van der Waals surface area contributed by atoms with Crippen LogP contribution in [0.2, 0.25) is 10.0 Å². The minimum absolute atomic E-state index is 0.0555. The van der Waals surface area contributed by atoms with Gasteiger partial charge >= 0.3 is 5.97 Å². The highest BCUT2D eigenvalue weighted by atomic mass is 35.5. The summed E-state index contributed by atoms with van der Waals surface area (Å²) < 4.78 is 4.99. The van der Waals surface area contributed by atoms with E-state index in [4.69, 9.17) is 27.9 Å². The Kier molecular flexibility index (Phi) is 6.95. The van der Waals surface area contributed by atoms with E-state index in [1.165, 1.54) is 12.1 Å². The zero-order valence-corrected chi connectivity index (χ0v) is 19.2. The van der Waals surface area contributed by atoms with Gasteiger partial charge in [-0.2, -0.15) is 0 Å². The van der Waals surface area contributed by atoms with E-state index < -0.39 is 36.8 Å². The molecule has 0 radical (unpaired) electrons. The average molecular weight is 497 g/mol. The molecule has 1 N–H and O–H groups in total. The van der Waals surface area contributed by atoms with E-state index in [2.05, 4.69) is 5.32 Å². The van der Waals surface area contributed by atoms with Crippen molar-refractivity contribution < 1.29 is 23.9 Å². The first kappa shape index (κ1) is 23.5. The number of anilines is 1. The van der Waals surface area contributed by atoms with Crippen LogP contribution in [0.5, 0.6) is 0 Å². The molecule has 0 bridgehead atoms. The summed E-state index contributed by atoms with van der Waals surface area (Å²) in [5.41, 5.74) is 2.69. The smallest absolute Gasteiger partial charge is 0.326 e. The van der Waals surface area contributed by atoms with Gasteiger partial charge in [-0.15, -0.1) is 0 Å². The second-order valence-electron chi connectivity index (χ2n) is 7.54. The van der Waals surface area contributed by atoms with Gasteiger partial charge in [0, 0.05) is 5.69 Å². The highest BCUT2D eigenvalue weighted by Crippen LogP contribution is 2.31. The quantitative estimate of drug-likeness (QED) is 0.387. The maximum absolute atomic E-state index is 12.5. The number of amides is 3. The van der Waals surface area contributed by atoms with Crippen molar-refractivity contribution in [3.8, 4) is 0 Å². The fourth-order valence-electron chi connectivity index (χ4n) is 3.55. The number of rotatable bonds is 7. The Hall–Kier alpha value is -3.68.